The van der Waals surface area contributed by atoms with Gasteiger partial charge in [-0.05, 0) is 25.2 Å². The molecular weight excluding hydrogens is 312 g/mol. The highest BCUT2D eigenvalue weighted by Gasteiger charge is 2.06. The Morgan fingerprint density at radius 3 is 2.39 bits per heavy atom. The van der Waals surface area contributed by atoms with Crippen LogP contribution in [-0.2, 0) is 0 Å². The first-order valence-corrected chi connectivity index (χ1v) is 7.82. The molecule has 0 fully saturated rings. The summed E-state index contributed by atoms with van der Waals surface area (Å²) in [5.41, 5.74) is 0.949. The molecule has 0 aromatic heterocycles. The summed E-state index contributed by atoms with van der Waals surface area (Å²) in [4.78, 5) is 2.35. The van der Waals surface area contributed by atoms with Gasteiger partial charge in [0, 0.05) is 22.3 Å². The summed E-state index contributed by atoms with van der Waals surface area (Å²) < 4.78 is 1.02. The second-order valence-electron chi connectivity index (χ2n) is 3.79. The van der Waals surface area contributed by atoms with Crippen molar-refractivity contribution < 1.29 is 5.21 Å². The number of thioether (sulfide) groups is 1. The van der Waals surface area contributed by atoms with Gasteiger partial charge in [0.15, 0.2) is 0 Å². The van der Waals surface area contributed by atoms with Crippen molar-refractivity contribution in [3.8, 4) is 0 Å². The van der Waals surface area contributed by atoms with Gasteiger partial charge in [0.2, 0.25) is 0 Å². The Balaban J connectivity index is 2.51. The zero-order valence-electron chi connectivity index (χ0n) is 10.8. The number of halogens is 1. The number of benzene rings is 1. The molecule has 0 bridgehead atoms. The SMILES string of the molecule is CCN(CC)CCS/C(=N\O)c1ccc(Br)cc1. The van der Waals surface area contributed by atoms with Gasteiger partial charge in [-0.2, -0.15) is 0 Å². The predicted octanol–water partition coefficient (Wildman–Crippen LogP) is 3.66. The third-order valence-corrected chi connectivity index (χ3v) is 4.23. The lowest BCUT2D eigenvalue weighted by molar-refractivity contribution is 0.320. The Labute approximate surface area is 121 Å². The molecule has 0 amide bonds. The van der Waals surface area contributed by atoms with E-state index in [-0.39, 0.29) is 0 Å². The Morgan fingerprint density at radius 1 is 1.28 bits per heavy atom. The Hall–Kier alpha value is -0.520. The zero-order chi connectivity index (χ0) is 13.4. The van der Waals surface area contributed by atoms with Crippen LogP contribution in [0.5, 0.6) is 0 Å². The summed E-state index contributed by atoms with van der Waals surface area (Å²) >= 11 is 4.97. The lowest BCUT2D eigenvalue weighted by atomic mass is 10.2. The molecule has 1 aromatic carbocycles. The fraction of sp³-hybridized carbons (Fsp3) is 0.462. The van der Waals surface area contributed by atoms with Crippen LogP contribution < -0.4 is 0 Å². The largest absolute Gasteiger partial charge is 0.410 e. The molecule has 3 nitrogen and oxygen atoms in total. The summed E-state index contributed by atoms with van der Waals surface area (Å²) in [5.74, 6) is 0.928. The predicted molar refractivity (Wildman–Crippen MR) is 82.7 cm³/mol. The number of oxime groups is 1. The number of rotatable bonds is 6. The van der Waals surface area contributed by atoms with Gasteiger partial charge in [-0.15, -0.1) is 11.8 Å². The smallest absolute Gasteiger partial charge is 0.143 e. The normalized spacial score (nSPS) is 12.1. The van der Waals surface area contributed by atoms with Crippen LogP contribution >= 0.6 is 27.7 Å². The molecule has 0 saturated carbocycles. The van der Waals surface area contributed by atoms with Gasteiger partial charge in [-0.1, -0.05) is 47.1 Å². The third-order valence-electron chi connectivity index (χ3n) is 2.72. The quantitative estimate of drug-likeness (QED) is 0.374. The standard InChI is InChI=1S/C13H19BrN2OS/c1-3-16(4-2)9-10-18-13(15-17)11-5-7-12(14)8-6-11/h5-8,17H,3-4,9-10H2,1-2H3/b15-13-. The molecule has 0 aliphatic carbocycles. The van der Waals surface area contributed by atoms with Crippen LogP contribution in [0.2, 0.25) is 0 Å². The minimum atomic E-state index is 0.676. The highest BCUT2D eigenvalue weighted by molar-refractivity contribution is 9.10. The first kappa shape index (κ1) is 15.5. The van der Waals surface area contributed by atoms with Crippen LogP contribution in [0.25, 0.3) is 0 Å². The first-order valence-electron chi connectivity index (χ1n) is 6.04. The molecule has 0 heterocycles. The Kier molecular flexibility index (Phi) is 7.39. The van der Waals surface area contributed by atoms with Gasteiger partial charge in [-0.3, -0.25) is 0 Å². The fourth-order valence-electron chi connectivity index (χ4n) is 1.57. The number of nitrogens with zero attached hydrogens (tertiary/aromatic N) is 2. The topological polar surface area (TPSA) is 35.8 Å². The molecular formula is C13H19BrN2OS. The maximum Gasteiger partial charge on any atom is 0.143 e. The molecule has 1 rings (SSSR count). The van der Waals surface area contributed by atoms with E-state index in [1.807, 2.05) is 24.3 Å². The molecule has 0 aliphatic rings. The van der Waals surface area contributed by atoms with Gasteiger partial charge >= 0.3 is 0 Å². The van der Waals surface area contributed by atoms with Crippen LogP contribution in [0.1, 0.15) is 19.4 Å². The van der Waals surface area contributed by atoms with Crippen LogP contribution in [-0.4, -0.2) is 40.5 Å². The van der Waals surface area contributed by atoms with Gasteiger partial charge in [0.05, 0.1) is 0 Å². The maximum atomic E-state index is 9.07. The summed E-state index contributed by atoms with van der Waals surface area (Å²) in [6.07, 6.45) is 0. The molecule has 0 unspecified atom stereocenters. The van der Waals surface area contributed by atoms with Crippen LogP contribution in [0, 0.1) is 0 Å². The van der Waals surface area contributed by atoms with Gasteiger partial charge < -0.3 is 10.1 Å². The molecule has 0 saturated heterocycles. The number of hydrogen-bond acceptors (Lipinski definition) is 4. The minimum absolute atomic E-state index is 0.676. The van der Waals surface area contributed by atoms with Gasteiger partial charge in [0.1, 0.15) is 5.04 Å². The summed E-state index contributed by atoms with van der Waals surface area (Å²) in [6.45, 7) is 7.43. The van der Waals surface area contributed by atoms with Crippen molar-refractivity contribution in [2.75, 3.05) is 25.4 Å². The molecule has 0 aliphatic heterocycles. The highest BCUT2D eigenvalue weighted by atomic mass is 79.9. The van der Waals surface area contributed by atoms with E-state index in [1.165, 1.54) is 0 Å². The maximum absolute atomic E-state index is 9.07. The highest BCUT2D eigenvalue weighted by Crippen LogP contribution is 2.17. The van der Waals surface area contributed by atoms with E-state index < -0.39 is 0 Å². The summed E-state index contributed by atoms with van der Waals surface area (Å²) in [7, 11) is 0. The second kappa shape index (κ2) is 8.56. The van der Waals surface area contributed by atoms with Crippen LogP contribution in [0.15, 0.2) is 33.9 Å². The van der Waals surface area contributed by atoms with Gasteiger partial charge in [-0.25, -0.2) is 0 Å². The molecule has 0 atom stereocenters. The van der Waals surface area contributed by atoms with Crippen molar-refractivity contribution in [2.24, 2.45) is 5.16 Å². The van der Waals surface area contributed by atoms with Gasteiger partial charge in [0.25, 0.3) is 0 Å². The van der Waals surface area contributed by atoms with E-state index in [1.54, 1.807) is 11.8 Å². The lowest BCUT2D eigenvalue weighted by Gasteiger charge is -2.17. The molecule has 1 N–H and O–H groups in total. The van der Waals surface area contributed by atoms with E-state index in [4.69, 9.17) is 5.21 Å². The van der Waals surface area contributed by atoms with Crippen molar-refractivity contribution in [1.29, 1.82) is 0 Å². The summed E-state index contributed by atoms with van der Waals surface area (Å²) in [5, 5.41) is 13.1. The van der Waals surface area contributed by atoms with Crippen LogP contribution in [0.4, 0.5) is 0 Å². The van der Waals surface area contributed by atoms with Crippen molar-refractivity contribution in [2.45, 2.75) is 13.8 Å². The third kappa shape index (κ3) is 5.00. The Morgan fingerprint density at radius 2 is 1.89 bits per heavy atom. The van der Waals surface area contributed by atoms with E-state index in [0.717, 1.165) is 35.4 Å². The van der Waals surface area contributed by atoms with Crippen LogP contribution in [0.3, 0.4) is 0 Å². The van der Waals surface area contributed by atoms with E-state index in [2.05, 4.69) is 39.8 Å². The number of hydrogen-bond donors (Lipinski definition) is 1. The average Bonchev–Trinajstić information content (AvgIpc) is 2.41. The summed E-state index contributed by atoms with van der Waals surface area (Å²) in [6, 6.07) is 7.80. The first-order chi connectivity index (χ1) is 8.71. The van der Waals surface area contributed by atoms with Crippen molar-refractivity contribution >= 4 is 32.7 Å². The van der Waals surface area contributed by atoms with Crippen molar-refractivity contribution in [3.05, 3.63) is 34.3 Å². The average molecular weight is 331 g/mol. The lowest BCUT2D eigenvalue weighted by Crippen LogP contribution is -2.25. The van der Waals surface area contributed by atoms with Crippen molar-refractivity contribution in [3.63, 3.8) is 0 Å². The fourth-order valence-corrected chi connectivity index (χ4v) is 2.74. The zero-order valence-corrected chi connectivity index (χ0v) is 13.2. The molecule has 18 heavy (non-hydrogen) atoms. The molecule has 0 spiro atoms. The minimum Gasteiger partial charge on any atom is -0.410 e. The van der Waals surface area contributed by atoms with E-state index in [0.29, 0.717) is 5.04 Å². The molecule has 100 valence electrons. The van der Waals surface area contributed by atoms with Crippen molar-refractivity contribution in [1.82, 2.24) is 4.90 Å². The molecule has 5 heteroatoms. The van der Waals surface area contributed by atoms with E-state index >= 15 is 0 Å². The molecule has 1 aromatic rings. The monoisotopic (exact) mass is 330 g/mol. The van der Waals surface area contributed by atoms with E-state index in [9.17, 15) is 0 Å². The molecule has 0 radical (unpaired) electrons. The second-order valence-corrected chi connectivity index (χ2v) is 5.79. The Bertz CT molecular complexity index is 377.